The van der Waals surface area contributed by atoms with Crippen LogP contribution in [-0.2, 0) is 11.2 Å². The highest BCUT2D eigenvalue weighted by atomic mass is 16.4. The van der Waals surface area contributed by atoms with Crippen molar-refractivity contribution in [1.29, 1.82) is 0 Å². The fraction of sp³-hybridized carbons (Fsp3) is 0.500. The molecule has 0 aromatic heterocycles. The van der Waals surface area contributed by atoms with Gasteiger partial charge in [-0.2, -0.15) is 0 Å². The molecule has 0 radical (unpaired) electrons. The van der Waals surface area contributed by atoms with E-state index in [1.165, 1.54) is 5.56 Å². The van der Waals surface area contributed by atoms with Crippen molar-refractivity contribution in [2.75, 3.05) is 13.1 Å². The highest BCUT2D eigenvalue weighted by molar-refractivity contribution is 5.76. The fourth-order valence-corrected chi connectivity index (χ4v) is 2.29. The SMILES string of the molecule is O=C(O)CCN(C(=O)NCCCc1ccccc1)C1CC1. The third-order valence-corrected chi connectivity index (χ3v) is 3.58. The topological polar surface area (TPSA) is 69.6 Å². The summed E-state index contributed by atoms with van der Waals surface area (Å²) < 4.78 is 0. The molecule has 5 heteroatoms. The summed E-state index contributed by atoms with van der Waals surface area (Å²) in [5.74, 6) is -0.863. The molecule has 1 aliphatic carbocycles. The van der Waals surface area contributed by atoms with Crippen LogP contribution in [0.2, 0.25) is 0 Å². The summed E-state index contributed by atoms with van der Waals surface area (Å²) in [4.78, 5) is 24.4. The van der Waals surface area contributed by atoms with Crippen molar-refractivity contribution >= 4 is 12.0 Å². The van der Waals surface area contributed by atoms with Gasteiger partial charge in [-0.3, -0.25) is 4.79 Å². The van der Waals surface area contributed by atoms with Crippen LogP contribution in [0.5, 0.6) is 0 Å². The summed E-state index contributed by atoms with van der Waals surface area (Å²) in [6.45, 7) is 0.911. The smallest absolute Gasteiger partial charge is 0.317 e. The molecule has 1 fully saturated rings. The van der Waals surface area contributed by atoms with Crippen LogP contribution < -0.4 is 5.32 Å². The van der Waals surface area contributed by atoms with Crippen LogP contribution in [0.15, 0.2) is 30.3 Å². The first-order valence-corrected chi connectivity index (χ1v) is 7.47. The van der Waals surface area contributed by atoms with Gasteiger partial charge in [0.25, 0.3) is 0 Å². The summed E-state index contributed by atoms with van der Waals surface area (Å²) in [6.07, 6.45) is 3.79. The first kappa shape index (κ1) is 15.4. The standard InChI is InChI=1S/C16H22N2O3/c19-15(20)10-12-18(14-8-9-14)16(21)17-11-4-7-13-5-2-1-3-6-13/h1-3,5-6,14H,4,7-12H2,(H,17,21)(H,19,20). The normalized spacial score (nSPS) is 13.7. The summed E-state index contributed by atoms with van der Waals surface area (Å²) in [7, 11) is 0. The number of carboxylic acids is 1. The van der Waals surface area contributed by atoms with E-state index in [-0.39, 0.29) is 18.5 Å². The van der Waals surface area contributed by atoms with Gasteiger partial charge in [0.2, 0.25) is 0 Å². The Morgan fingerprint density at radius 3 is 2.57 bits per heavy atom. The predicted molar refractivity (Wildman–Crippen MR) is 80.1 cm³/mol. The molecule has 0 aliphatic heterocycles. The number of amides is 2. The van der Waals surface area contributed by atoms with E-state index in [0.29, 0.717) is 13.1 Å². The summed E-state index contributed by atoms with van der Waals surface area (Å²) in [6, 6.07) is 10.3. The third kappa shape index (κ3) is 5.45. The summed E-state index contributed by atoms with van der Waals surface area (Å²) in [5.41, 5.74) is 1.26. The number of aliphatic carboxylic acids is 1. The zero-order chi connectivity index (χ0) is 15.1. The fourth-order valence-electron chi connectivity index (χ4n) is 2.29. The number of urea groups is 1. The highest BCUT2D eigenvalue weighted by Crippen LogP contribution is 2.26. The Morgan fingerprint density at radius 2 is 1.95 bits per heavy atom. The van der Waals surface area contributed by atoms with Crippen LogP contribution in [0.1, 0.15) is 31.2 Å². The third-order valence-electron chi connectivity index (χ3n) is 3.58. The number of hydrogen-bond donors (Lipinski definition) is 2. The van der Waals surface area contributed by atoms with Crippen molar-refractivity contribution in [2.24, 2.45) is 0 Å². The molecule has 1 saturated carbocycles. The minimum atomic E-state index is -0.863. The average molecular weight is 290 g/mol. The lowest BCUT2D eigenvalue weighted by Crippen LogP contribution is -2.42. The molecule has 1 aromatic rings. The van der Waals surface area contributed by atoms with Crippen LogP contribution in [0.25, 0.3) is 0 Å². The van der Waals surface area contributed by atoms with Gasteiger partial charge in [0.15, 0.2) is 0 Å². The first-order valence-electron chi connectivity index (χ1n) is 7.47. The van der Waals surface area contributed by atoms with Crippen molar-refractivity contribution in [3.63, 3.8) is 0 Å². The number of hydrogen-bond acceptors (Lipinski definition) is 2. The lowest BCUT2D eigenvalue weighted by Gasteiger charge is -2.22. The van der Waals surface area contributed by atoms with Gasteiger partial charge in [-0.25, -0.2) is 4.79 Å². The maximum Gasteiger partial charge on any atom is 0.317 e. The van der Waals surface area contributed by atoms with E-state index in [9.17, 15) is 9.59 Å². The second-order valence-corrected chi connectivity index (χ2v) is 5.39. The molecular weight excluding hydrogens is 268 g/mol. The highest BCUT2D eigenvalue weighted by Gasteiger charge is 2.32. The Morgan fingerprint density at radius 1 is 1.24 bits per heavy atom. The molecular formula is C16H22N2O3. The van der Waals surface area contributed by atoms with Gasteiger partial charge in [-0.15, -0.1) is 0 Å². The van der Waals surface area contributed by atoms with Gasteiger partial charge < -0.3 is 15.3 Å². The van der Waals surface area contributed by atoms with E-state index in [1.807, 2.05) is 18.2 Å². The Kier molecular flexibility index (Phi) is 5.60. The molecule has 2 N–H and O–H groups in total. The van der Waals surface area contributed by atoms with E-state index in [0.717, 1.165) is 25.7 Å². The Hall–Kier alpha value is -2.04. The molecule has 0 bridgehead atoms. The van der Waals surface area contributed by atoms with Crippen LogP contribution in [-0.4, -0.2) is 41.1 Å². The maximum absolute atomic E-state index is 12.1. The monoisotopic (exact) mass is 290 g/mol. The lowest BCUT2D eigenvalue weighted by molar-refractivity contribution is -0.137. The van der Waals surface area contributed by atoms with Crippen molar-refractivity contribution in [3.8, 4) is 0 Å². The second kappa shape index (κ2) is 7.67. The molecule has 2 amide bonds. The van der Waals surface area contributed by atoms with Crippen molar-refractivity contribution in [1.82, 2.24) is 10.2 Å². The second-order valence-electron chi connectivity index (χ2n) is 5.39. The number of nitrogens with one attached hydrogen (secondary N) is 1. The number of carbonyl (C=O) groups is 2. The molecule has 1 aromatic carbocycles. The van der Waals surface area contributed by atoms with E-state index in [2.05, 4.69) is 17.4 Å². The molecule has 2 rings (SSSR count). The molecule has 0 saturated heterocycles. The molecule has 1 aliphatic rings. The zero-order valence-electron chi connectivity index (χ0n) is 12.1. The Labute approximate surface area is 125 Å². The largest absolute Gasteiger partial charge is 0.481 e. The zero-order valence-corrected chi connectivity index (χ0v) is 12.1. The molecule has 0 heterocycles. The molecule has 0 unspecified atom stereocenters. The van der Waals surface area contributed by atoms with Gasteiger partial charge in [0.05, 0.1) is 6.42 Å². The van der Waals surface area contributed by atoms with Gasteiger partial charge in [0.1, 0.15) is 0 Å². The van der Waals surface area contributed by atoms with Gasteiger partial charge >= 0.3 is 12.0 Å². The number of carboxylic acid groups (broad SMARTS) is 1. The quantitative estimate of drug-likeness (QED) is 0.722. The number of benzene rings is 1. The molecule has 21 heavy (non-hydrogen) atoms. The van der Waals surface area contributed by atoms with Gasteiger partial charge in [-0.05, 0) is 31.2 Å². The van der Waals surface area contributed by atoms with E-state index >= 15 is 0 Å². The van der Waals surface area contributed by atoms with Crippen LogP contribution in [0.4, 0.5) is 4.79 Å². The summed E-state index contributed by atoms with van der Waals surface area (Å²) >= 11 is 0. The summed E-state index contributed by atoms with van der Waals surface area (Å²) in [5, 5.41) is 11.6. The molecule has 0 atom stereocenters. The van der Waals surface area contributed by atoms with E-state index in [4.69, 9.17) is 5.11 Å². The van der Waals surface area contributed by atoms with Crippen LogP contribution >= 0.6 is 0 Å². The molecule has 114 valence electrons. The number of carbonyl (C=O) groups excluding carboxylic acids is 1. The predicted octanol–water partition coefficient (Wildman–Crippen LogP) is 2.27. The van der Waals surface area contributed by atoms with Crippen molar-refractivity contribution in [3.05, 3.63) is 35.9 Å². The maximum atomic E-state index is 12.1. The van der Waals surface area contributed by atoms with Gasteiger partial charge in [0, 0.05) is 19.1 Å². The number of rotatable bonds is 8. The average Bonchev–Trinajstić information content (AvgIpc) is 3.29. The van der Waals surface area contributed by atoms with E-state index < -0.39 is 5.97 Å². The first-order chi connectivity index (χ1) is 10.2. The minimum Gasteiger partial charge on any atom is -0.481 e. The lowest BCUT2D eigenvalue weighted by atomic mass is 10.1. The minimum absolute atomic E-state index is 0.00787. The molecule has 0 spiro atoms. The number of aryl methyl sites for hydroxylation is 1. The molecule has 5 nitrogen and oxygen atoms in total. The van der Waals surface area contributed by atoms with E-state index in [1.54, 1.807) is 4.90 Å². The van der Waals surface area contributed by atoms with Crippen LogP contribution in [0.3, 0.4) is 0 Å². The Balaban J connectivity index is 1.68. The van der Waals surface area contributed by atoms with Gasteiger partial charge in [-0.1, -0.05) is 30.3 Å². The van der Waals surface area contributed by atoms with Crippen molar-refractivity contribution in [2.45, 2.75) is 38.1 Å². The number of nitrogens with zero attached hydrogens (tertiary/aromatic N) is 1. The Bertz CT molecular complexity index is 472. The van der Waals surface area contributed by atoms with Crippen molar-refractivity contribution < 1.29 is 14.7 Å². The van der Waals surface area contributed by atoms with Crippen LogP contribution in [0, 0.1) is 0 Å².